The van der Waals surface area contributed by atoms with Crippen LogP contribution in [0.3, 0.4) is 0 Å². The minimum absolute atomic E-state index is 0.00871. The van der Waals surface area contributed by atoms with Gasteiger partial charge >= 0.3 is 6.09 Å². The van der Waals surface area contributed by atoms with Gasteiger partial charge in [0.05, 0.1) is 37.1 Å². The van der Waals surface area contributed by atoms with E-state index in [0.717, 1.165) is 0 Å². The van der Waals surface area contributed by atoms with Gasteiger partial charge < -0.3 is 15.0 Å². The molecule has 6 rings (SSSR count). The molecule has 12 nitrogen and oxygen atoms in total. The molecule has 1 aliphatic carbocycles. The largest absolute Gasteiger partial charge is 0.438 e. The predicted molar refractivity (Wildman–Crippen MR) is 125 cm³/mol. The molecular weight excluding hydrogens is 473 g/mol. The molecule has 0 radical (unpaired) electrons. The van der Waals surface area contributed by atoms with Crippen molar-refractivity contribution in [1.29, 1.82) is 0 Å². The van der Waals surface area contributed by atoms with E-state index in [1.54, 1.807) is 17.0 Å². The van der Waals surface area contributed by atoms with Crippen molar-refractivity contribution in [1.82, 2.24) is 24.6 Å². The monoisotopic (exact) mass is 495 g/mol. The number of aromatic nitrogens is 4. The number of carbonyl (C=O) groups excluding carboxylic acids is 2. The summed E-state index contributed by atoms with van der Waals surface area (Å²) in [5.74, 6) is -0.749. The van der Waals surface area contributed by atoms with Gasteiger partial charge in [-0.25, -0.2) is 28.5 Å². The second-order valence-corrected chi connectivity index (χ2v) is 9.21. The highest BCUT2D eigenvalue weighted by Crippen LogP contribution is 2.46. The maximum atomic E-state index is 15.3. The zero-order chi connectivity index (χ0) is 25.2. The third-order valence-corrected chi connectivity index (χ3v) is 6.95. The highest BCUT2D eigenvalue weighted by Gasteiger charge is 2.64. The normalized spacial score (nSPS) is 22.9. The van der Waals surface area contributed by atoms with Crippen LogP contribution in [0, 0.1) is 5.82 Å². The molecule has 1 spiro atoms. The number of benzene rings is 1. The number of amides is 2. The van der Waals surface area contributed by atoms with Crippen LogP contribution in [0.5, 0.6) is 0 Å². The molecule has 3 aromatic rings. The number of nitrogens with one attached hydrogen (secondary N) is 1. The Kier molecular flexibility index (Phi) is 4.85. The maximum absolute atomic E-state index is 15.3. The van der Waals surface area contributed by atoms with E-state index in [1.807, 2.05) is 0 Å². The molecule has 2 aliphatic heterocycles. The average Bonchev–Trinajstić information content (AvgIpc) is 3.46. The average molecular weight is 495 g/mol. The minimum atomic E-state index is -0.776. The fraction of sp³-hybridized carbons (Fsp3) is 0.391. The molecule has 2 atom stereocenters. The third kappa shape index (κ3) is 3.41. The van der Waals surface area contributed by atoms with Crippen molar-refractivity contribution >= 4 is 34.4 Å². The Bertz CT molecular complexity index is 1490. The molecule has 13 heteroatoms. The van der Waals surface area contributed by atoms with Crippen molar-refractivity contribution in [2.75, 3.05) is 29.4 Å². The Morgan fingerprint density at radius 2 is 1.69 bits per heavy atom. The van der Waals surface area contributed by atoms with Gasteiger partial charge in [-0.3, -0.25) is 19.3 Å². The quantitative estimate of drug-likeness (QED) is 0.546. The van der Waals surface area contributed by atoms with Crippen LogP contribution in [0.15, 0.2) is 40.2 Å². The van der Waals surface area contributed by atoms with Gasteiger partial charge in [-0.2, -0.15) is 0 Å². The molecule has 1 aromatic carbocycles. The fourth-order valence-electron chi connectivity index (χ4n) is 5.06. The molecule has 1 N–H and O–H groups in total. The van der Waals surface area contributed by atoms with Gasteiger partial charge in [0, 0.05) is 38.8 Å². The van der Waals surface area contributed by atoms with E-state index in [-0.39, 0.29) is 55.7 Å². The summed E-state index contributed by atoms with van der Waals surface area (Å²) in [6, 6.07) is 4.22. The molecule has 2 fully saturated rings. The van der Waals surface area contributed by atoms with Gasteiger partial charge in [-0.05, 0) is 18.2 Å². The van der Waals surface area contributed by atoms with Gasteiger partial charge in [0.2, 0.25) is 5.91 Å². The van der Waals surface area contributed by atoms with Crippen LogP contribution in [-0.4, -0.2) is 62.6 Å². The van der Waals surface area contributed by atoms with Gasteiger partial charge in [0.1, 0.15) is 5.82 Å². The lowest BCUT2D eigenvalue weighted by atomic mass is 10.2. The molecule has 3 aliphatic rings. The van der Waals surface area contributed by atoms with Crippen LogP contribution in [0.25, 0.3) is 11.0 Å². The van der Waals surface area contributed by atoms with Gasteiger partial charge in [-0.1, -0.05) is 0 Å². The van der Waals surface area contributed by atoms with E-state index >= 15 is 4.39 Å². The van der Waals surface area contributed by atoms with Gasteiger partial charge in [0.15, 0.2) is 16.6 Å². The molecule has 2 amide bonds. The SMILES string of the molecule is CC(=O)NC1CC12CN(c1ccc(N3CCn4c(=O)c5nccnc5c(=O)n4CC3)c(F)c1)C(=O)O2. The summed E-state index contributed by atoms with van der Waals surface area (Å²) in [5.41, 5.74) is -0.964. The minimum Gasteiger partial charge on any atom is -0.438 e. The van der Waals surface area contributed by atoms with E-state index in [2.05, 4.69) is 15.3 Å². The number of hydrogen-bond acceptors (Lipinski definition) is 8. The van der Waals surface area contributed by atoms with Crippen molar-refractivity contribution in [2.45, 2.75) is 38.1 Å². The second kappa shape index (κ2) is 7.86. The third-order valence-electron chi connectivity index (χ3n) is 6.95. The smallest absolute Gasteiger partial charge is 0.415 e. The van der Waals surface area contributed by atoms with E-state index in [9.17, 15) is 19.2 Å². The molecule has 1 saturated carbocycles. The second-order valence-electron chi connectivity index (χ2n) is 9.21. The standard InChI is InChI=1S/C23H22FN7O5/c1-13(32)27-17-11-23(17)12-29(22(35)36-23)14-2-3-16(15(24)10-14)28-6-8-30-20(33)18-19(26-5-4-25-18)21(34)31(30)9-7-28/h2-5,10,17H,6-9,11-12H2,1H3,(H,27,32). The van der Waals surface area contributed by atoms with Crippen molar-refractivity contribution in [3.05, 3.63) is 57.1 Å². The number of carbonyl (C=O) groups is 2. The molecule has 2 aromatic heterocycles. The van der Waals surface area contributed by atoms with E-state index in [1.165, 1.54) is 39.6 Å². The molecule has 36 heavy (non-hydrogen) atoms. The first kappa shape index (κ1) is 22.2. The van der Waals surface area contributed by atoms with E-state index in [4.69, 9.17) is 4.74 Å². The van der Waals surface area contributed by atoms with Crippen LogP contribution < -0.4 is 26.2 Å². The number of nitrogens with zero attached hydrogens (tertiary/aromatic N) is 6. The van der Waals surface area contributed by atoms with E-state index < -0.39 is 28.6 Å². The zero-order valence-corrected chi connectivity index (χ0v) is 19.3. The van der Waals surface area contributed by atoms with Crippen molar-refractivity contribution < 1.29 is 18.7 Å². The summed E-state index contributed by atoms with van der Waals surface area (Å²) < 4.78 is 23.4. The first-order valence-electron chi connectivity index (χ1n) is 11.5. The van der Waals surface area contributed by atoms with Gasteiger partial charge in [0.25, 0.3) is 11.1 Å². The first-order chi connectivity index (χ1) is 17.3. The lowest BCUT2D eigenvalue weighted by molar-refractivity contribution is -0.119. The zero-order valence-electron chi connectivity index (χ0n) is 19.3. The predicted octanol–water partition coefficient (Wildman–Crippen LogP) is 0.216. The maximum Gasteiger partial charge on any atom is 0.415 e. The Labute approximate surface area is 202 Å². The number of fused-ring (bicyclic) bond motifs is 2. The molecule has 1 saturated heterocycles. The first-order valence-corrected chi connectivity index (χ1v) is 11.5. The summed E-state index contributed by atoms with van der Waals surface area (Å²) in [4.78, 5) is 60.7. The van der Waals surface area contributed by atoms with Crippen molar-refractivity contribution in [3.63, 3.8) is 0 Å². The number of ether oxygens (including phenoxy) is 1. The lowest BCUT2D eigenvalue weighted by Gasteiger charge is -2.23. The van der Waals surface area contributed by atoms with E-state index in [0.29, 0.717) is 17.8 Å². The van der Waals surface area contributed by atoms with Crippen LogP contribution in [0.2, 0.25) is 0 Å². The number of rotatable bonds is 3. The fourth-order valence-corrected chi connectivity index (χ4v) is 5.06. The molecule has 0 bridgehead atoms. The number of hydrogen-bond donors (Lipinski definition) is 1. The number of halogens is 1. The Hall–Kier alpha value is -4.29. The Morgan fingerprint density at radius 3 is 2.28 bits per heavy atom. The van der Waals surface area contributed by atoms with Crippen LogP contribution >= 0.6 is 0 Å². The highest BCUT2D eigenvalue weighted by molar-refractivity contribution is 5.91. The van der Waals surface area contributed by atoms with Gasteiger partial charge in [-0.15, -0.1) is 0 Å². The summed E-state index contributed by atoms with van der Waals surface area (Å²) >= 11 is 0. The Balaban J connectivity index is 1.23. The Morgan fingerprint density at radius 1 is 1.06 bits per heavy atom. The highest BCUT2D eigenvalue weighted by atomic mass is 19.1. The molecule has 2 unspecified atom stereocenters. The topological polar surface area (TPSA) is 132 Å². The van der Waals surface area contributed by atoms with Crippen LogP contribution in [-0.2, 0) is 22.6 Å². The van der Waals surface area contributed by atoms with Crippen LogP contribution in [0.1, 0.15) is 13.3 Å². The number of anilines is 2. The van der Waals surface area contributed by atoms with Crippen LogP contribution in [0.4, 0.5) is 20.6 Å². The van der Waals surface area contributed by atoms with Crippen molar-refractivity contribution in [3.8, 4) is 0 Å². The summed E-state index contributed by atoms with van der Waals surface area (Å²) in [6.45, 7) is 2.51. The summed E-state index contributed by atoms with van der Waals surface area (Å²) in [6.07, 6.45) is 2.65. The molecular formula is C23H22FN7O5. The lowest BCUT2D eigenvalue weighted by Crippen LogP contribution is -2.39. The van der Waals surface area contributed by atoms with Crippen molar-refractivity contribution in [2.24, 2.45) is 0 Å². The molecule has 186 valence electrons. The molecule has 4 heterocycles. The summed E-state index contributed by atoms with van der Waals surface area (Å²) in [5, 5.41) is 2.76. The summed E-state index contributed by atoms with van der Waals surface area (Å²) in [7, 11) is 0.